The molecule has 0 amide bonds. The van der Waals surface area contributed by atoms with Crippen molar-refractivity contribution in [2.75, 3.05) is 13.2 Å². The maximum atomic E-state index is 10.4. The zero-order chi connectivity index (χ0) is 15.1. The molecule has 1 unspecified atom stereocenters. The predicted octanol–water partition coefficient (Wildman–Crippen LogP) is 1.80. The van der Waals surface area contributed by atoms with Gasteiger partial charge in [0.1, 0.15) is 19.3 Å². The van der Waals surface area contributed by atoms with E-state index in [4.69, 9.17) is 19.1 Å². The second kappa shape index (κ2) is 7.51. The molecule has 0 saturated carbocycles. The van der Waals surface area contributed by atoms with Gasteiger partial charge in [-0.05, 0) is 12.5 Å². The molecule has 2 rings (SSSR count). The summed E-state index contributed by atoms with van der Waals surface area (Å²) >= 11 is 0. The van der Waals surface area contributed by atoms with Crippen LogP contribution in [-0.2, 0) is 20.9 Å². The Morgan fingerprint density at radius 1 is 1.38 bits per heavy atom. The van der Waals surface area contributed by atoms with Gasteiger partial charge in [-0.25, -0.2) is 4.79 Å². The third-order valence-electron chi connectivity index (χ3n) is 2.61. The van der Waals surface area contributed by atoms with Gasteiger partial charge in [0, 0.05) is 6.61 Å². The normalized spacial score (nSPS) is 12.2. The monoisotopic (exact) mass is 292 g/mol. The minimum atomic E-state index is -1.05. The van der Waals surface area contributed by atoms with Gasteiger partial charge in [0.25, 0.3) is 5.89 Å². The molecule has 1 aromatic heterocycles. The Balaban J connectivity index is 2.07. The molecule has 7 heteroatoms. The van der Waals surface area contributed by atoms with E-state index in [1.807, 2.05) is 37.3 Å². The molecule has 0 aliphatic heterocycles. The van der Waals surface area contributed by atoms with E-state index in [1.54, 1.807) is 0 Å². The molecule has 0 saturated heterocycles. The quantitative estimate of drug-likeness (QED) is 0.792. The molecule has 0 bridgehead atoms. The highest BCUT2D eigenvalue weighted by atomic mass is 16.5. The lowest BCUT2D eigenvalue weighted by Gasteiger charge is -2.13. The van der Waals surface area contributed by atoms with Crippen LogP contribution in [0.4, 0.5) is 0 Å². The number of ether oxygens (including phenoxy) is 2. The topological polar surface area (TPSA) is 94.7 Å². The molecule has 1 heterocycles. The lowest BCUT2D eigenvalue weighted by atomic mass is 10.1. The highest BCUT2D eigenvalue weighted by molar-refractivity contribution is 5.67. The van der Waals surface area contributed by atoms with Crippen molar-refractivity contribution in [1.29, 1.82) is 0 Å². The molecular weight excluding hydrogens is 276 g/mol. The van der Waals surface area contributed by atoms with Gasteiger partial charge in [-0.3, -0.25) is 0 Å². The molecule has 7 nitrogen and oxygen atoms in total. The maximum Gasteiger partial charge on any atom is 0.329 e. The Bertz CT molecular complexity index is 570. The molecule has 0 spiro atoms. The average Bonchev–Trinajstić information content (AvgIpc) is 2.94. The minimum absolute atomic E-state index is 0.0487. The van der Waals surface area contributed by atoms with Gasteiger partial charge >= 0.3 is 5.97 Å². The van der Waals surface area contributed by atoms with E-state index in [0.29, 0.717) is 12.4 Å². The number of carboxylic acids is 1. The fraction of sp³-hybridized carbons (Fsp3) is 0.357. The van der Waals surface area contributed by atoms with Crippen molar-refractivity contribution in [3.8, 4) is 0 Å². The summed E-state index contributed by atoms with van der Waals surface area (Å²) < 4.78 is 15.6. The average molecular weight is 292 g/mol. The minimum Gasteiger partial charge on any atom is -0.480 e. The molecular formula is C14H16N2O5. The van der Waals surface area contributed by atoms with Gasteiger partial charge in [-0.1, -0.05) is 35.5 Å². The first-order valence-corrected chi connectivity index (χ1v) is 6.49. The van der Waals surface area contributed by atoms with Crippen LogP contribution in [0.2, 0.25) is 0 Å². The number of benzene rings is 1. The van der Waals surface area contributed by atoms with Crippen LogP contribution in [0.5, 0.6) is 0 Å². The number of aliphatic carboxylic acids is 1. The zero-order valence-electron chi connectivity index (χ0n) is 11.6. The van der Waals surface area contributed by atoms with Crippen molar-refractivity contribution < 1.29 is 23.9 Å². The summed E-state index contributed by atoms with van der Waals surface area (Å²) in [6, 6.07) is 9.54. The van der Waals surface area contributed by atoms with Crippen molar-refractivity contribution in [2.45, 2.75) is 19.6 Å². The van der Waals surface area contributed by atoms with Crippen molar-refractivity contribution in [3.63, 3.8) is 0 Å². The first-order chi connectivity index (χ1) is 10.2. The predicted molar refractivity (Wildman–Crippen MR) is 71.5 cm³/mol. The van der Waals surface area contributed by atoms with E-state index in [9.17, 15) is 4.79 Å². The lowest BCUT2D eigenvalue weighted by molar-refractivity contribution is -0.142. The van der Waals surface area contributed by atoms with Gasteiger partial charge in [0.15, 0.2) is 0 Å². The number of carboxylic acid groups (broad SMARTS) is 1. The van der Waals surface area contributed by atoms with E-state index in [-0.39, 0.29) is 12.5 Å². The first-order valence-electron chi connectivity index (χ1n) is 6.49. The summed E-state index contributed by atoms with van der Waals surface area (Å²) in [5.74, 6) is -0.449. The fourth-order valence-electron chi connectivity index (χ4n) is 1.77. The summed E-state index contributed by atoms with van der Waals surface area (Å²) in [6.45, 7) is 1.92. The van der Waals surface area contributed by atoms with Crippen LogP contribution in [0.15, 0.2) is 34.9 Å². The van der Waals surface area contributed by atoms with Crippen molar-refractivity contribution in [3.05, 3.63) is 47.6 Å². The number of hydrogen-bond donors (Lipinski definition) is 1. The Labute approximate surface area is 121 Å². The smallest absolute Gasteiger partial charge is 0.329 e. The van der Waals surface area contributed by atoms with Crippen molar-refractivity contribution in [1.82, 2.24) is 10.1 Å². The summed E-state index contributed by atoms with van der Waals surface area (Å²) in [6.07, 6.45) is -0.423. The van der Waals surface area contributed by atoms with E-state index < -0.39 is 18.7 Å². The first kappa shape index (κ1) is 15.1. The molecule has 0 radical (unpaired) electrons. The van der Waals surface area contributed by atoms with E-state index >= 15 is 0 Å². The van der Waals surface area contributed by atoms with Gasteiger partial charge in [-0.2, -0.15) is 4.98 Å². The third kappa shape index (κ3) is 4.37. The molecule has 2 aromatic rings. The highest BCUT2D eigenvalue weighted by Crippen LogP contribution is 2.23. The number of aromatic nitrogens is 2. The summed E-state index contributed by atoms with van der Waals surface area (Å²) in [5, 5.41) is 12.4. The standard InChI is InChI=1S/C14H16N2O5/c1-2-20-13(10-6-4-3-5-7-10)14-15-11(21-16-14)8-19-9-12(17)18/h3-7,13H,2,8-9H2,1H3,(H,17,18). The molecule has 1 atom stereocenters. The summed E-state index contributed by atoms with van der Waals surface area (Å²) in [5.41, 5.74) is 0.915. The van der Waals surface area contributed by atoms with E-state index in [1.165, 1.54) is 0 Å². The largest absolute Gasteiger partial charge is 0.480 e. The SMILES string of the molecule is CCOC(c1ccccc1)c1noc(COCC(=O)O)n1. The zero-order valence-corrected chi connectivity index (χ0v) is 11.6. The second-order valence-electron chi connectivity index (χ2n) is 4.18. The number of nitrogens with zero attached hydrogens (tertiary/aromatic N) is 2. The van der Waals surface area contributed by atoms with E-state index in [2.05, 4.69) is 10.1 Å². The molecule has 1 N–H and O–H groups in total. The molecule has 0 aliphatic carbocycles. The summed E-state index contributed by atoms with van der Waals surface area (Å²) in [7, 11) is 0. The van der Waals surface area contributed by atoms with Gasteiger partial charge in [-0.15, -0.1) is 0 Å². The van der Waals surface area contributed by atoms with E-state index in [0.717, 1.165) is 5.56 Å². The van der Waals surface area contributed by atoms with Crippen molar-refractivity contribution >= 4 is 5.97 Å². The Morgan fingerprint density at radius 3 is 2.81 bits per heavy atom. The summed E-state index contributed by atoms with van der Waals surface area (Å²) in [4.78, 5) is 14.5. The van der Waals surface area contributed by atoms with Crippen LogP contribution in [0, 0.1) is 0 Å². The van der Waals surface area contributed by atoms with Gasteiger partial charge < -0.3 is 19.1 Å². The molecule has 1 aromatic carbocycles. The van der Waals surface area contributed by atoms with Crippen LogP contribution < -0.4 is 0 Å². The van der Waals surface area contributed by atoms with Gasteiger partial charge in [0.2, 0.25) is 5.82 Å². The van der Waals surface area contributed by atoms with Crippen LogP contribution >= 0.6 is 0 Å². The van der Waals surface area contributed by atoms with Gasteiger partial charge in [0.05, 0.1) is 0 Å². The lowest BCUT2D eigenvalue weighted by Crippen LogP contribution is -2.09. The van der Waals surface area contributed by atoms with Crippen LogP contribution in [0.1, 0.15) is 30.3 Å². The molecule has 112 valence electrons. The molecule has 0 fully saturated rings. The highest BCUT2D eigenvalue weighted by Gasteiger charge is 2.20. The van der Waals surface area contributed by atoms with Crippen LogP contribution in [0.25, 0.3) is 0 Å². The maximum absolute atomic E-state index is 10.4. The third-order valence-corrected chi connectivity index (χ3v) is 2.61. The van der Waals surface area contributed by atoms with Crippen LogP contribution in [0.3, 0.4) is 0 Å². The Hall–Kier alpha value is -2.25. The molecule has 21 heavy (non-hydrogen) atoms. The Kier molecular flexibility index (Phi) is 5.42. The fourth-order valence-corrected chi connectivity index (χ4v) is 1.77. The number of hydrogen-bond acceptors (Lipinski definition) is 6. The number of carbonyl (C=O) groups is 1. The van der Waals surface area contributed by atoms with Crippen LogP contribution in [-0.4, -0.2) is 34.4 Å². The van der Waals surface area contributed by atoms with Crippen molar-refractivity contribution in [2.24, 2.45) is 0 Å². The Morgan fingerprint density at radius 2 is 2.14 bits per heavy atom. The number of rotatable bonds is 8. The molecule has 0 aliphatic rings. The second-order valence-corrected chi connectivity index (χ2v) is 4.18.